The van der Waals surface area contributed by atoms with E-state index in [1.54, 1.807) is 7.11 Å². The molecule has 2 aromatic carbocycles. The summed E-state index contributed by atoms with van der Waals surface area (Å²) in [6.45, 7) is 0. The second kappa shape index (κ2) is 4.59. The second-order valence-corrected chi connectivity index (χ2v) is 4.84. The first-order chi connectivity index (χ1) is 10.3. The molecule has 0 saturated heterocycles. The Kier molecular flexibility index (Phi) is 2.60. The Labute approximate surface area is 121 Å². The zero-order chi connectivity index (χ0) is 14.2. The van der Waals surface area contributed by atoms with Crippen LogP contribution in [0.2, 0.25) is 0 Å². The van der Waals surface area contributed by atoms with Crippen molar-refractivity contribution in [2.75, 3.05) is 7.11 Å². The molecule has 0 amide bonds. The van der Waals surface area contributed by atoms with E-state index in [9.17, 15) is 0 Å². The summed E-state index contributed by atoms with van der Waals surface area (Å²) in [6.07, 6.45) is 0. The van der Waals surface area contributed by atoms with Crippen LogP contribution in [0.4, 0.5) is 0 Å². The molecule has 4 rings (SSSR count). The number of fused-ring (bicyclic) bond motifs is 2. The monoisotopic (exact) mass is 275 g/mol. The van der Waals surface area contributed by atoms with Crippen LogP contribution < -0.4 is 4.74 Å². The van der Waals surface area contributed by atoms with Gasteiger partial charge in [-0.25, -0.2) is 9.97 Å². The van der Waals surface area contributed by atoms with Gasteiger partial charge in [-0.15, -0.1) is 0 Å². The lowest BCUT2D eigenvalue weighted by molar-refractivity contribution is 0.404. The van der Waals surface area contributed by atoms with Gasteiger partial charge in [0.15, 0.2) is 5.82 Å². The van der Waals surface area contributed by atoms with Gasteiger partial charge in [0.2, 0.25) is 5.88 Å². The predicted octanol–water partition coefficient (Wildman–Crippen LogP) is 3.79. The van der Waals surface area contributed by atoms with Gasteiger partial charge in [-0.2, -0.15) is 0 Å². The van der Waals surface area contributed by atoms with E-state index in [1.165, 1.54) is 0 Å². The highest BCUT2D eigenvalue weighted by molar-refractivity contribution is 5.90. The molecule has 0 atom stereocenters. The van der Waals surface area contributed by atoms with E-state index in [-0.39, 0.29) is 0 Å². The highest BCUT2D eigenvalue weighted by Gasteiger charge is 2.11. The average Bonchev–Trinajstić information content (AvgIpc) is 2.98. The minimum atomic E-state index is 0.614. The van der Waals surface area contributed by atoms with E-state index in [0.29, 0.717) is 5.88 Å². The molecule has 0 saturated carbocycles. The van der Waals surface area contributed by atoms with Crippen LogP contribution in [-0.4, -0.2) is 22.1 Å². The molecule has 102 valence electrons. The third-order valence-electron chi connectivity index (χ3n) is 3.53. The number of imidazole rings is 1. The summed E-state index contributed by atoms with van der Waals surface area (Å²) in [5.41, 5.74) is 2.71. The third kappa shape index (κ3) is 1.92. The van der Waals surface area contributed by atoms with E-state index in [2.05, 4.69) is 15.0 Å². The van der Waals surface area contributed by atoms with Gasteiger partial charge in [-0.3, -0.25) is 0 Å². The molecule has 1 N–H and O–H groups in total. The lowest BCUT2D eigenvalue weighted by Crippen LogP contribution is -1.93. The smallest absolute Gasteiger partial charge is 0.221 e. The molecule has 0 spiro atoms. The number of benzene rings is 2. The minimum absolute atomic E-state index is 0.614. The summed E-state index contributed by atoms with van der Waals surface area (Å²) < 4.78 is 5.41. The van der Waals surface area contributed by atoms with E-state index in [4.69, 9.17) is 4.74 Å². The van der Waals surface area contributed by atoms with Crippen molar-refractivity contribution in [2.24, 2.45) is 0 Å². The first-order valence-corrected chi connectivity index (χ1v) is 6.74. The number of H-pyrrole nitrogens is 1. The van der Waals surface area contributed by atoms with Crippen LogP contribution in [0.15, 0.2) is 54.6 Å². The molecular formula is C17H13N3O. The van der Waals surface area contributed by atoms with Crippen LogP contribution in [0.5, 0.6) is 5.88 Å². The number of hydrogen-bond acceptors (Lipinski definition) is 3. The molecule has 4 nitrogen and oxygen atoms in total. The highest BCUT2D eigenvalue weighted by Crippen LogP contribution is 2.28. The third-order valence-corrected chi connectivity index (χ3v) is 3.53. The zero-order valence-electron chi connectivity index (χ0n) is 11.5. The van der Waals surface area contributed by atoms with Crippen LogP contribution in [0.3, 0.4) is 0 Å². The molecule has 2 aromatic heterocycles. The number of para-hydroxylation sites is 2. The molecule has 0 aliphatic rings. The maximum absolute atomic E-state index is 5.41. The molecule has 21 heavy (non-hydrogen) atoms. The Morgan fingerprint density at radius 1 is 0.952 bits per heavy atom. The number of pyridine rings is 1. The molecule has 2 heterocycles. The van der Waals surface area contributed by atoms with Crippen LogP contribution in [0.25, 0.3) is 33.3 Å². The first kappa shape index (κ1) is 11.9. The van der Waals surface area contributed by atoms with Crippen molar-refractivity contribution >= 4 is 21.8 Å². The number of nitrogens with one attached hydrogen (secondary N) is 1. The fourth-order valence-electron chi connectivity index (χ4n) is 2.52. The summed E-state index contributed by atoms with van der Waals surface area (Å²) in [5.74, 6) is 1.36. The Bertz CT molecular complexity index is 910. The van der Waals surface area contributed by atoms with Gasteiger partial charge in [0.25, 0.3) is 0 Å². The second-order valence-electron chi connectivity index (χ2n) is 4.84. The van der Waals surface area contributed by atoms with Crippen molar-refractivity contribution in [1.82, 2.24) is 15.0 Å². The lowest BCUT2D eigenvalue weighted by Gasteiger charge is -2.06. The van der Waals surface area contributed by atoms with Gasteiger partial charge in [-0.05, 0) is 29.7 Å². The fraction of sp³-hybridized carbons (Fsp3) is 0.0588. The number of rotatable bonds is 2. The first-order valence-electron chi connectivity index (χ1n) is 6.74. The van der Waals surface area contributed by atoms with E-state index >= 15 is 0 Å². The fourth-order valence-corrected chi connectivity index (χ4v) is 2.52. The molecule has 0 unspecified atom stereocenters. The summed E-state index contributed by atoms with van der Waals surface area (Å²) in [6, 6.07) is 18.0. The molecular weight excluding hydrogens is 262 g/mol. The number of aromatic nitrogens is 3. The van der Waals surface area contributed by atoms with Gasteiger partial charge in [0.1, 0.15) is 5.69 Å². The quantitative estimate of drug-likeness (QED) is 0.605. The Balaban J connectivity index is 1.97. The largest absolute Gasteiger partial charge is 0.481 e. The van der Waals surface area contributed by atoms with Crippen LogP contribution >= 0.6 is 0 Å². The number of hydrogen-bond donors (Lipinski definition) is 1. The predicted molar refractivity (Wildman–Crippen MR) is 83.4 cm³/mol. The van der Waals surface area contributed by atoms with Crippen LogP contribution in [-0.2, 0) is 0 Å². The molecule has 0 aliphatic carbocycles. The summed E-state index contributed by atoms with van der Waals surface area (Å²) in [4.78, 5) is 12.5. The lowest BCUT2D eigenvalue weighted by atomic mass is 10.1. The van der Waals surface area contributed by atoms with Crippen molar-refractivity contribution in [3.63, 3.8) is 0 Å². The number of nitrogens with zero attached hydrogens (tertiary/aromatic N) is 2. The number of ether oxygens (including phenoxy) is 1. The summed E-state index contributed by atoms with van der Waals surface area (Å²) in [5, 5.41) is 2.08. The summed E-state index contributed by atoms with van der Waals surface area (Å²) in [7, 11) is 1.64. The van der Waals surface area contributed by atoms with Gasteiger partial charge in [0, 0.05) is 5.39 Å². The van der Waals surface area contributed by atoms with Crippen molar-refractivity contribution in [3.8, 4) is 17.4 Å². The van der Waals surface area contributed by atoms with Gasteiger partial charge in [-0.1, -0.05) is 30.3 Å². The SMILES string of the molecule is COc1nc(-c2nc3ccccc3[nH]2)cc2ccccc12. The normalized spacial score (nSPS) is 11.1. The minimum Gasteiger partial charge on any atom is -0.481 e. The number of methoxy groups -OCH3 is 1. The van der Waals surface area contributed by atoms with E-state index < -0.39 is 0 Å². The van der Waals surface area contributed by atoms with Gasteiger partial charge >= 0.3 is 0 Å². The Morgan fingerprint density at radius 2 is 1.76 bits per heavy atom. The average molecular weight is 275 g/mol. The number of aromatic amines is 1. The van der Waals surface area contributed by atoms with Crippen molar-refractivity contribution in [2.45, 2.75) is 0 Å². The van der Waals surface area contributed by atoms with Crippen molar-refractivity contribution in [3.05, 3.63) is 54.6 Å². The van der Waals surface area contributed by atoms with Gasteiger partial charge in [0.05, 0.1) is 18.1 Å². The topological polar surface area (TPSA) is 50.8 Å². The van der Waals surface area contributed by atoms with Gasteiger partial charge < -0.3 is 9.72 Å². The maximum Gasteiger partial charge on any atom is 0.221 e. The molecule has 0 aliphatic heterocycles. The van der Waals surface area contributed by atoms with E-state index in [1.807, 2.05) is 54.6 Å². The van der Waals surface area contributed by atoms with Crippen molar-refractivity contribution < 1.29 is 4.74 Å². The standard InChI is InChI=1S/C17H13N3O/c1-21-17-12-7-3-2-6-11(12)10-15(20-17)16-18-13-8-4-5-9-14(13)19-16/h2-10H,1H3,(H,18,19). The van der Waals surface area contributed by atoms with Crippen LogP contribution in [0.1, 0.15) is 0 Å². The maximum atomic E-state index is 5.41. The van der Waals surface area contributed by atoms with E-state index in [0.717, 1.165) is 33.3 Å². The van der Waals surface area contributed by atoms with Crippen molar-refractivity contribution in [1.29, 1.82) is 0 Å². The molecule has 4 heteroatoms. The Hall–Kier alpha value is -2.88. The van der Waals surface area contributed by atoms with Crippen LogP contribution in [0, 0.1) is 0 Å². The summed E-state index contributed by atoms with van der Waals surface area (Å²) >= 11 is 0. The highest BCUT2D eigenvalue weighted by atomic mass is 16.5. The zero-order valence-corrected chi connectivity index (χ0v) is 11.5. The Morgan fingerprint density at radius 3 is 2.62 bits per heavy atom. The molecule has 0 radical (unpaired) electrons. The molecule has 4 aromatic rings. The molecule has 0 fully saturated rings. The molecule has 0 bridgehead atoms.